The summed E-state index contributed by atoms with van der Waals surface area (Å²) in [7, 11) is 1.82. The van der Waals surface area contributed by atoms with E-state index in [2.05, 4.69) is 21.2 Å². The lowest BCUT2D eigenvalue weighted by atomic mass is 10.1. The standard InChI is InChI=1S/C15H15BrF3NO/c1-3-12(20-2)14-7-6-13(21-14)10-8-9(15(17,18)19)4-5-11(10)16/h4-8,12,20H,3H2,1-2H3. The highest BCUT2D eigenvalue weighted by Crippen LogP contribution is 2.37. The molecule has 1 unspecified atom stereocenters. The Morgan fingerprint density at radius 3 is 2.52 bits per heavy atom. The Kier molecular flexibility index (Phi) is 4.78. The van der Waals surface area contributed by atoms with Crippen molar-refractivity contribution < 1.29 is 17.6 Å². The lowest BCUT2D eigenvalue weighted by molar-refractivity contribution is -0.137. The smallest absolute Gasteiger partial charge is 0.416 e. The van der Waals surface area contributed by atoms with Crippen molar-refractivity contribution in [3.8, 4) is 11.3 Å². The summed E-state index contributed by atoms with van der Waals surface area (Å²) in [5.74, 6) is 1.12. The molecule has 1 aromatic carbocycles. The van der Waals surface area contributed by atoms with Crippen LogP contribution >= 0.6 is 15.9 Å². The molecule has 0 bridgehead atoms. The third-order valence-corrected chi connectivity index (χ3v) is 3.98. The lowest BCUT2D eigenvalue weighted by Crippen LogP contribution is -2.14. The van der Waals surface area contributed by atoms with Crippen LogP contribution in [0.5, 0.6) is 0 Å². The van der Waals surface area contributed by atoms with Gasteiger partial charge in [-0.25, -0.2) is 0 Å². The van der Waals surface area contributed by atoms with Crippen LogP contribution < -0.4 is 5.32 Å². The third kappa shape index (κ3) is 3.49. The topological polar surface area (TPSA) is 25.2 Å². The molecule has 1 atom stereocenters. The van der Waals surface area contributed by atoms with Gasteiger partial charge in [-0.3, -0.25) is 0 Å². The van der Waals surface area contributed by atoms with Crippen molar-refractivity contribution in [2.75, 3.05) is 7.05 Å². The van der Waals surface area contributed by atoms with E-state index in [1.807, 2.05) is 14.0 Å². The predicted molar refractivity (Wildman–Crippen MR) is 78.9 cm³/mol. The molecular formula is C15H15BrF3NO. The molecular weight excluding hydrogens is 347 g/mol. The van der Waals surface area contributed by atoms with Gasteiger partial charge in [-0.15, -0.1) is 0 Å². The maximum Gasteiger partial charge on any atom is 0.416 e. The molecule has 0 saturated heterocycles. The molecule has 1 aromatic heterocycles. The number of rotatable bonds is 4. The second kappa shape index (κ2) is 6.23. The van der Waals surface area contributed by atoms with Crippen molar-refractivity contribution >= 4 is 15.9 Å². The Bertz CT molecular complexity index is 618. The minimum Gasteiger partial charge on any atom is -0.459 e. The Hall–Kier alpha value is -1.27. The SMILES string of the molecule is CCC(NC)c1ccc(-c2cc(C(F)(F)F)ccc2Br)o1. The molecule has 6 heteroatoms. The maximum atomic E-state index is 12.8. The van der Waals surface area contributed by atoms with Crippen molar-refractivity contribution in [1.82, 2.24) is 5.32 Å². The first kappa shape index (κ1) is 16.1. The molecule has 2 aromatic rings. The van der Waals surface area contributed by atoms with E-state index in [-0.39, 0.29) is 6.04 Å². The lowest BCUT2D eigenvalue weighted by Gasteiger charge is -2.11. The van der Waals surface area contributed by atoms with Gasteiger partial charge >= 0.3 is 6.18 Å². The average molecular weight is 362 g/mol. The van der Waals surface area contributed by atoms with Crippen LogP contribution in [0.25, 0.3) is 11.3 Å². The van der Waals surface area contributed by atoms with E-state index in [9.17, 15) is 13.2 Å². The molecule has 1 N–H and O–H groups in total. The fourth-order valence-corrected chi connectivity index (χ4v) is 2.56. The van der Waals surface area contributed by atoms with E-state index in [1.54, 1.807) is 12.1 Å². The Morgan fingerprint density at radius 2 is 1.95 bits per heavy atom. The van der Waals surface area contributed by atoms with Gasteiger partial charge < -0.3 is 9.73 Å². The Morgan fingerprint density at radius 1 is 1.24 bits per heavy atom. The molecule has 0 saturated carbocycles. The summed E-state index contributed by atoms with van der Waals surface area (Å²) in [6, 6.07) is 7.04. The van der Waals surface area contributed by atoms with E-state index in [1.165, 1.54) is 6.07 Å². The van der Waals surface area contributed by atoms with Crippen LogP contribution in [-0.2, 0) is 6.18 Å². The van der Waals surface area contributed by atoms with E-state index >= 15 is 0 Å². The summed E-state index contributed by atoms with van der Waals surface area (Å²) in [6.45, 7) is 2.00. The zero-order valence-corrected chi connectivity index (χ0v) is 13.2. The largest absolute Gasteiger partial charge is 0.459 e. The monoisotopic (exact) mass is 361 g/mol. The summed E-state index contributed by atoms with van der Waals surface area (Å²) in [4.78, 5) is 0. The predicted octanol–water partition coefficient (Wildman–Crippen LogP) is 5.40. The van der Waals surface area contributed by atoms with E-state index in [0.717, 1.165) is 18.6 Å². The fraction of sp³-hybridized carbons (Fsp3) is 0.333. The van der Waals surface area contributed by atoms with Gasteiger partial charge in [-0.05, 0) is 43.8 Å². The van der Waals surface area contributed by atoms with Crippen LogP contribution in [0.2, 0.25) is 0 Å². The number of benzene rings is 1. The number of hydrogen-bond donors (Lipinski definition) is 1. The molecule has 0 spiro atoms. The highest BCUT2D eigenvalue weighted by molar-refractivity contribution is 9.10. The van der Waals surface area contributed by atoms with Crippen LogP contribution in [0.1, 0.15) is 30.7 Å². The van der Waals surface area contributed by atoms with Crippen LogP contribution in [0.15, 0.2) is 39.2 Å². The minimum atomic E-state index is -4.37. The molecule has 0 aliphatic heterocycles. The minimum absolute atomic E-state index is 0.0447. The normalized spacial score (nSPS) is 13.4. The summed E-state index contributed by atoms with van der Waals surface area (Å²) >= 11 is 3.27. The van der Waals surface area contributed by atoms with Gasteiger partial charge in [-0.1, -0.05) is 22.9 Å². The van der Waals surface area contributed by atoms with E-state index in [0.29, 0.717) is 21.6 Å². The van der Waals surface area contributed by atoms with Crippen molar-refractivity contribution in [3.05, 3.63) is 46.1 Å². The summed E-state index contributed by atoms with van der Waals surface area (Å²) in [5.41, 5.74) is -0.304. The molecule has 0 aliphatic carbocycles. The second-order valence-electron chi connectivity index (χ2n) is 4.64. The molecule has 2 nitrogen and oxygen atoms in total. The van der Waals surface area contributed by atoms with Gasteiger partial charge in [-0.2, -0.15) is 13.2 Å². The second-order valence-corrected chi connectivity index (χ2v) is 5.50. The molecule has 0 fully saturated rings. The molecule has 2 rings (SSSR count). The Balaban J connectivity index is 2.42. The highest BCUT2D eigenvalue weighted by Gasteiger charge is 2.31. The van der Waals surface area contributed by atoms with Gasteiger partial charge in [0.05, 0.1) is 11.6 Å². The molecule has 0 radical (unpaired) electrons. The number of nitrogens with one attached hydrogen (secondary N) is 1. The van der Waals surface area contributed by atoms with Crippen LogP contribution in [0.3, 0.4) is 0 Å². The zero-order valence-electron chi connectivity index (χ0n) is 11.6. The fourth-order valence-electron chi connectivity index (χ4n) is 2.12. The maximum absolute atomic E-state index is 12.8. The summed E-state index contributed by atoms with van der Waals surface area (Å²) < 4.78 is 44.7. The molecule has 21 heavy (non-hydrogen) atoms. The summed E-state index contributed by atoms with van der Waals surface area (Å²) in [5, 5.41) is 3.10. The number of alkyl halides is 3. The first-order valence-electron chi connectivity index (χ1n) is 6.51. The van der Waals surface area contributed by atoms with Crippen molar-refractivity contribution in [1.29, 1.82) is 0 Å². The van der Waals surface area contributed by atoms with Crippen LogP contribution in [0.4, 0.5) is 13.2 Å². The van der Waals surface area contributed by atoms with E-state index < -0.39 is 11.7 Å². The highest BCUT2D eigenvalue weighted by atomic mass is 79.9. The van der Waals surface area contributed by atoms with Gasteiger partial charge in [0.1, 0.15) is 11.5 Å². The summed E-state index contributed by atoms with van der Waals surface area (Å²) in [6.07, 6.45) is -3.55. The quantitative estimate of drug-likeness (QED) is 0.788. The van der Waals surface area contributed by atoms with Gasteiger partial charge in [0, 0.05) is 10.0 Å². The third-order valence-electron chi connectivity index (χ3n) is 3.29. The van der Waals surface area contributed by atoms with Gasteiger partial charge in [0.15, 0.2) is 0 Å². The average Bonchev–Trinajstić information content (AvgIpc) is 2.89. The Labute approximate surface area is 129 Å². The first-order chi connectivity index (χ1) is 9.86. The van der Waals surface area contributed by atoms with Gasteiger partial charge in [0.25, 0.3) is 0 Å². The van der Waals surface area contributed by atoms with Crippen molar-refractivity contribution in [2.45, 2.75) is 25.6 Å². The number of hydrogen-bond acceptors (Lipinski definition) is 2. The first-order valence-corrected chi connectivity index (χ1v) is 7.30. The number of halogens is 4. The number of furan rings is 1. The molecule has 0 amide bonds. The zero-order chi connectivity index (χ0) is 15.6. The van der Waals surface area contributed by atoms with Crippen LogP contribution in [0, 0.1) is 0 Å². The van der Waals surface area contributed by atoms with Crippen molar-refractivity contribution in [3.63, 3.8) is 0 Å². The molecule has 114 valence electrons. The molecule has 0 aliphatic rings. The van der Waals surface area contributed by atoms with Gasteiger partial charge in [0.2, 0.25) is 0 Å². The molecule has 1 heterocycles. The van der Waals surface area contributed by atoms with Crippen LogP contribution in [-0.4, -0.2) is 7.05 Å². The van der Waals surface area contributed by atoms with Crippen molar-refractivity contribution in [2.24, 2.45) is 0 Å². The van der Waals surface area contributed by atoms with E-state index in [4.69, 9.17) is 4.42 Å².